The molecule has 2 rings (SSSR count). The van der Waals surface area contributed by atoms with Crippen LogP contribution in [0.15, 0.2) is 22.7 Å². The van der Waals surface area contributed by atoms with E-state index in [-0.39, 0.29) is 11.9 Å². The van der Waals surface area contributed by atoms with Crippen LogP contribution in [0.3, 0.4) is 0 Å². The fraction of sp³-hybridized carbons (Fsp3) is 0.364. The lowest BCUT2D eigenvalue weighted by Gasteiger charge is -2.12. The van der Waals surface area contributed by atoms with Crippen molar-refractivity contribution in [3.05, 3.63) is 31.8 Å². The van der Waals surface area contributed by atoms with Crippen LogP contribution < -0.4 is 10.6 Å². The number of hydrogen-bond acceptors (Lipinski definition) is 2. The van der Waals surface area contributed by atoms with Crippen molar-refractivity contribution in [1.29, 1.82) is 0 Å². The predicted molar refractivity (Wildman–Crippen MR) is 75.6 cm³/mol. The number of carbonyl (C=O) groups excluding carboxylic acids is 1. The van der Waals surface area contributed by atoms with Crippen LogP contribution in [0.4, 0.5) is 0 Å². The average Bonchev–Trinajstić information content (AvgIpc) is 2.74. The third-order valence-electron chi connectivity index (χ3n) is 2.57. The molecule has 5 heteroatoms. The zero-order valence-corrected chi connectivity index (χ0v) is 12.3. The van der Waals surface area contributed by atoms with Gasteiger partial charge in [0, 0.05) is 20.6 Å². The van der Waals surface area contributed by atoms with Crippen molar-refractivity contribution in [2.75, 3.05) is 13.1 Å². The lowest BCUT2D eigenvalue weighted by Crippen LogP contribution is -2.36. The molecule has 1 amide bonds. The monoisotopic (exact) mass is 394 g/mol. The zero-order chi connectivity index (χ0) is 11.5. The Balaban J connectivity index is 2.10. The summed E-state index contributed by atoms with van der Waals surface area (Å²) in [5.74, 6) is -0.000842. The Morgan fingerprint density at radius 3 is 3.06 bits per heavy atom. The fourth-order valence-electron chi connectivity index (χ4n) is 1.71. The van der Waals surface area contributed by atoms with Crippen LogP contribution in [0.25, 0.3) is 0 Å². The number of carbonyl (C=O) groups is 1. The summed E-state index contributed by atoms with van der Waals surface area (Å²) >= 11 is 5.61. The highest BCUT2D eigenvalue weighted by molar-refractivity contribution is 14.1. The third kappa shape index (κ3) is 2.95. The predicted octanol–water partition coefficient (Wildman–Crippen LogP) is 2.15. The van der Waals surface area contributed by atoms with Gasteiger partial charge < -0.3 is 10.6 Å². The molecule has 0 aromatic heterocycles. The Hall–Kier alpha value is -0.140. The number of nitrogens with one attached hydrogen (secondary N) is 2. The van der Waals surface area contributed by atoms with E-state index >= 15 is 0 Å². The first kappa shape index (κ1) is 12.3. The van der Waals surface area contributed by atoms with Gasteiger partial charge in [0.15, 0.2) is 0 Å². The molecule has 0 spiro atoms. The minimum absolute atomic E-state index is 0.000842. The van der Waals surface area contributed by atoms with Gasteiger partial charge >= 0.3 is 0 Å². The van der Waals surface area contributed by atoms with Gasteiger partial charge in [0.25, 0.3) is 5.91 Å². The molecule has 1 saturated heterocycles. The summed E-state index contributed by atoms with van der Waals surface area (Å²) in [5.41, 5.74) is 0.707. The van der Waals surface area contributed by atoms with Crippen molar-refractivity contribution in [1.82, 2.24) is 10.6 Å². The molecule has 0 radical (unpaired) electrons. The average molecular weight is 395 g/mol. The Kier molecular flexibility index (Phi) is 4.21. The number of amides is 1. The van der Waals surface area contributed by atoms with Crippen molar-refractivity contribution in [3.63, 3.8) is 0 Å². The maximum Gasteiger partial charge on any atom is 0.252 e. The fourth-order valence-corrected chi connectivity index (χ4v) is 2.63. The Morgan fingerprint density at radius 1 is 1.56 bits per heavy atom. The van der Waals surface area contributed by atoms with Crippen LogP contribution in [-0.2, 0) is 0 Å². The minimum atomic E-state index is -0.000842. The molecule has 86 valence electrons. The Morgan fingerprint density at radius 2 is 2.38 bits per heavy atom. The Bertz CT molecular complexity index is 405. The van der Waals surface area contributed by atoms with Gasteiger partial charge in [0.05, 0.1) is 5.56 Å². The molecular formula is C11H12BrIN2O. The van der Waals surface area contributed by atoms with Crippen LogP contribution in [0.5, 0.6) is 0 Å². The highest BCUT2D eigenvalue weighted by atomic mass is 127. The second kappa shape index (κ2) is 5.46. The van der Waals surface area contributed by atoms with Crippen molar-refractivity contribution in [2.45, 2.75) is 12.5 Å². The van der Waals surface area contributed by atoms with Crippen molar-refractivity contribution in [2.24, 2.45) is 0 Å². The van der Waals surface area contributed by atoms with E-state index in [2.05, 4.69) is 49.2 Å². The van der Waals surface area contributed by atoms with E-state index < -0.39 is 0 Å². The van der Waals surface area contributed by atoms with Gasteiger partial charge in [0.1, 0.15) is 0 Å². The van der Waals surface area contributed by atoms with Gasteiger partial charge in [-0.15, -0.1) is 0 Å². The topological polar surface area (TPSA) is 41.1 Å². The van der Waals surface area contributed by atoms with E-state index in [9.17, 15) is 4.79 Å². The molecular weight excluding hydrogens is 383 g/mol. The summed E-state index contributed by atoms with van der Waals surface area (Å²) < 4.78 is 1.91. The van der Waals surface area contributed by atoms with Crippen LogP contribution in [0.2, 0.25) is 0 Å². The van der Waals surface area contributed by atoms with Gasteiger partial charge in [-0.05, 0) is 69.7 Å². The first-order valence-electron chi connectivity index (χ1n) is 5.13. The van der Waals surface area contributed by atoms with E-state index in [1.54, 1.807) is 0 Å². The normalized spacial score (nSPS) is 19.8. The van der Waals surface area contributed by atoms with Crippen molar-refractivity contribution < 1.29 is 4.79 Å². The van der Waals surface area contributed by atoms with Crippen LogP contribution in [0, 0.1) is 3.57 Å². The molecule has 1 aliphatic rings. The lowest BCUT2D eigenvalue weighted by atomic mass is 10.2. The molecule has 1 unspecified atom stereocenters. The molecule has 2 N–H and O–H groups in total. The summed E-state index contributed by atoms with van der Waals surface area (Å²) in [6.07, 6.45) is 1.01. The third-order valence-corrected chi connectivity index (χ3v) is 3.93. The molecule has 0 saturated carbocycles. The summed E-state index contributed by atoms with van der Waals surface area (Å²) in [6, 6.07) is 6.03. The lowest BCUT2D eigenvalue weighted by molar-refractivity contribution is 0.0939. The highest BCUT2D eigenvalue weighted by Gasteiger charge is 2.18. The maximum atomic E-state index is 12.0. The van der Waals surface area contributed by atoms with Gasteiger partial charge in [-0.2, -0.15) is 0 Å². The van der Waals surface area contributed by atoms with Gasteiger partial charge in [-0.3, -0.25) is 4.79 Å². The van der Waals surface area contributed by atoms with E-state index in [0.717, 1.165) is 27.6 Å². The number of benzene rings is 1. The summed E-state index contributed by atoms with van der Waals surface area (Å²) in [7, 11) is 0. The molecule has 0 bridgehead atoms. The number of halogens is 2. The molecule has 0 aliphatic carbocycles. The maximum absolute atomic E-state index is 12.0. The standard InChI is InChI=1S/C11H12BrIN2O/c12-10-2-1-7(13)5-9(10)11(16)15-8-3-4-14-6-8/h1-2,5,8,14H,3-4,6H2,(H,15,16). The van der Waals surface area contributed by atoms with E-state index in [1.165, 1.54) is 0 Å². The first-order chi connectivity index (χ1) is 7.66. The Labute approximate surface area is 117 Å². The van der Waals surface area contributed by atoms with Gasteiger partial charge in [-0.25, -0.2) is 0 Å². The van der Waals surface area contributed by atoms with E-state index in [1.807, 2.05) is 18.2 Å². The van der Waals surface area contributed by atoms with Crippen molar-refractivity contribution >= 4 is 44.4 Å². The largest absolute Gasteiger partial charge is 0.348 e. The summed E-state index contributed by atoms with van der Waals surface area (Å²) in [6.45, 7) is 1.85. The molecule has 1 atom stereocenters. The summed E-state index contributed by atoms with van der Waals surface area (Å²) in [4.78, 5) is 12.0. The summed E-state index contributed by atoms with van der Waals surface area (Å²) in [5, 5.41) is 6.26. The van der Waals surface area contributed by atoms with Crippen LogP contribution in [0.1, 0.15) is 16.8 Å². The van der Waals surface area contributed by atoms with E-state index in [0.29, 0.717) is 5.56 Å². The van der Waals surface area contributed by atoms with Gasteiger partial charge in [-0.1, -0.05) is 0 Å². The number of hydrogen-bond donors (Lipinski definition) is 2. The van der Waals surface area contributed by atoms with Crippen LogP contribution in [-0.4, -0.2) is 25.0 Å². The van der Waals surface area contributed by atoms with Crippen LogP contribution >= 0.6 is 38.5 Å². The smallest absolute Gasteiger partial charge is 0.252 e. The van der Waals surface area contributed by atoms with Crippen molar-refractivity contribution in [3.8, 4) is 0 Å². The molecule has 1 fully saturated rings. The quantitative estimate of drug-likeness (QED) is 0.754. The molecule has 1 aromatic rings. The number of rotatable bonds is 2. The van der Waals surface area contributed by atoms with Gasteiger partial charge in [0.2, 0.25) is 0 Å². The SMILES string of the molecule is O=C(NC1CCNC1)c1cc(I)ccc1Br. The highest BCUT2D eigenvalue weighted by Crippen LogP contribution is 2.19. The molecule has 1 aliphatic heterocycles. The molecule has 1 heterocycles. The zero-order valence-electron chi connectivity index (χ0n) is 8.59. The second-order valence-electron chi connectivity index (χ2n) is 3.79. The second-order valence-corrected chi connectivity index (χ2v) is 5.89. The minimum Gasteiger partial charge on any atom is -0.348 e. The molecule has 3 nitrogen and oxygen atoms in total. The molecule has 16 heavy (non-hydrogen) atoms. The first-order valence-corrected chi connectivity index (χ1v) is 7.00. The van der Waals surface area contributed by atoms with E-state index in [4.69, 9.17) is 0 Å². The molecule has 1 aromatic carbocycles.